The second-order valence-corrected chi connectivity index (χ2v) is 8.44. The second kappa shape index (κ2) is 4.85. The lowest BCUT2D eigenvalue weighted by molar-refractivity contribution is -0.189. The molecule has 2 heterocycles. The van der Waals surface area contributed by atoms with Crippen LogP contribution in [0.15, 0.2) is 0 Å². The summed E-state index contributed by atoms with van der Waals surface area (Å²) in [7, 11) is 0. The smallest absolute Gasteiger partial charge is 0.407 e. The number of carbonyl (C=O) groups is 1. The van der Waals surface area contributed by atoms with Crippen molar-refractivity contribution in [1.82, 2.24) is 9.80 Å². The molecule has 3 aliphatic rings. The van der Waals surface area contributed by atoms with Crippen molar-refractivity contribution in [2.45, 2.75) is 57.7 Å². The van der Waals surface area contributed by atoms with E-state index in [1.54, 1.807) is 0 Å². The van der Waals surface area contributed by atoms with Gasteiger partial charge in [0, 0.05) is 32.7 Å². The number of nitrogens with zero attached hydrogens (tertiary/aromatic N) is 2. The third kappa shape index (κ3) is 3.34. The van der Waals surface area contributed by atoms with Gasteiger partial charge in [-0.05, 0) is 31.1 Å². The van der Waals surface area contributed by atoms with Crippen molar-refractivity contribution in [3.63, 3.8) is 0 Å². The maximum atomic E-state index is 11.1. The molecule has 0 atom stereocenters. The summed E-state index contributed by atoms with van der Waals surface area (Å²) in [5.41, 5.74) is 0.247. The minimum Gasteiger partial charge on any atom is -0.465 e. The van der Waals surface area contributed by atoms with Gasteiger partial charge in [-0.25, -0.2) is 4.79 Å². The summed E-state index contributed by atoms with van der Waals surface area (Å²) in [4.78, 5) is 15.2. The van der Waals surface area contributed by atoms with E-state index in [4.69, 9.17) is 9.84 Å². The van der Waals surface area contributed by atoms with E-state index in [1.165, 1.54) is 4.90 Å². The maximum Gasteiger partial charge on any atom is 0.407 e. The molecule has 21 heavy (non-hydrogen) atoms. The molecule has 1 amide bonds. The molecule has 0 unspecified atom stereocenters. The number of amides is 1. The first kappa shape index (κ1) is 15.1. The fraction of sp³-hybridized carbons (Fsp3) is 0.938. The average molecular weight is 296 g/mol. The van der Waals surface area contributed by atoms with Crippen LogP contribution in [-0.2, 0) is 4.74 Å². The quantitative estimate of drug-likeness (QED) is 0.807. The number of morpholine rings is 1. The molecule has 2 spiro atoms. The van der Waals surface area contributed by atoms with E-state index in [2.05, 4.69) is 25.7 Å². The Bertz CT molecular complexity index is 416. The summed E-state index contributed by atoms with van der Waals surface area (Å²) >= 11 is 0. The third-order valence-corrected chi connectivity index (χ3v) is 4.91. The van der Waals surface area contributed by atoms with Crippen LogP contribution in [0.25, 0.3) is 0 Å². The van der Waals surface area contributed by atoms with Crippen molar-refractivity contribution in [2.75, 3.05) is 32.7 Å². The summed E-state index contributed by atoms with van der Waals surface area (Å²) < 4.78 is 6.52. The Morgan fingerprint density at radius 1 is 1.10 bits per heavy atom. The van der Waals surface area contributed by atoms with Gasteiger partial charge in [0.15, 0.2) is 0 Å². The van der Waals surface area contributed by atoms with Crippen LogP contribution in [-0.4, -0.2) is 64.9 Å². The van der Waals surface area contributed by atoms with Crippen molar-refractivity contribution in [2.24, 2.45) is 5.41 Å². The minimum atomic E-state index is -0.798. The summed E-state index contributed by atoms with van der Waals surface area (Å²) in [5, 5.41) is 9.12. The zero-order valence-electron chi connectivity index (χ0n) is 13.5. The highest BCUT2D eigenvalue weighted by molar-refractivity contribution is 5.65. The molecule has 3 fully saturated rings. The summed E-state index contributed by atoms with van der Waals surface area (Å²) in [6.07, 6.45) is 3.20. The summed E-state index contributed by atoms with van der Waals surface area (Å²) in [6.45, 7) is 11.1. The van der Waals surface area contributed by atoms with Crippen LogP contribution in [0.4, 0.5) is 4.79 Å². The average Bonchev–Trinajstić information content (AvgIpc) is 3.05. The first-order valence-electron chi connectivity index (χ1n) is 8.12. The number of ether oxygens (including phenoxy) is 1. The molecule has 0 aromatic heterocycles. The monoisotopic (exact) mass is 296 g/mol. The van der Waals surface area contributed by atoms with Gasteiger partial charge in [-0.3, -0.25) is 4.90 Å². The van der Waals surface area contributed by atoms with E-state index in [0.717, 1.165) is 45.3 Å². The van der Waals surface area contributed by atoms with Gasteiger partial charge in [-0.15, -0.1) is 0 Å². The Morgan fingerprint density at radius 3 is 2.05 bits per heavy atom. The highest BCUT2D eigenvalue weighted by Gasteiger charge is 2.56. The van der Waals surface area contributed by atoms with Gasteiger partial charge in [0.1, 0.15) is 0 Å². The molecular formula is C16H28N2O3. The molecule has 1 N–H and O–H groups in total. The predicted molar refractivity (Wildman–Crippen MR) is 80.5 cm³/mol. The molecule has 2 saturated heterocycles. The molecule has 2 aliphatic heterocycles. The molecule has 3 rings (SSSR count). The number of rotatable bonds is 1. The molecule has 5 heteroatoms. The molecule has 1 saturated carbocycles. The Morgan fingerprint density at radius 2 is 1.62 bits per heavy atom. The number of hydrogen-bond acceptors (Lipinski definition) is 3. The van der Waals surface area contributed by atoms with Crippen molar-refractivity contribution < 1.29 is 14.6 Å². The van der Waals surface area contributed by atoms with E-state index in [-0.39, 0.29) is 16.6 Å². The van der Waals surface area contributed by atoms with Crippen LogP contribution in [0.3, 0.4) is 0 Å². The Kier molecular flexibility index (Phi) is 3.49. The van der Waals surface area contributed by atoms with Gasteiger partial charge in [0.25, 0.3) is 0 Å². The predicted octanol–water partition coefficient (Wildman–Crippen LogP) is 2.41. The van der Waals surface area contributed by atoms with Crippen LogP contribution in [0, 0.1) is 5.41 Å². The van der Waals surface area contributed by atoms with Gasteiger partial charge in [-0.2, -0.15) is 0 Å². The highest BCUT2D eigenvalue weighted by atomic mass is 16.5. The lowest BCUT2D eigenvalue weighted by atomic mass is 9.86. The van der Waals surface area contributed by atoms with Crippen molar-refractivity contribution in [3.8, 4) is 0 Å². The summed E-state index contributed by atoms with van der Waals surface area (Å²) in [5.74, 6) is 0. The van der Waals surface area contributed by atoms with Crippen molar-refractivity contribution >= 4 is 6.09 Å². The molecule has 0 aromatic carbocycles. The molecule has 120 valence electrons. The van der Waals surface area contributed by atoms with Gasteiger partial charge in [0.05, 0.1) is 11.2 Å². The van der Waals surface area contributed by atoms with E-state index < -0.39 is 6.09 Å². The summed E-state index contributed by atoms with van der Waals surface area (Å²) in [6, 6.07) is 0. The van der Waals surface area contributed by atoms with Crippen LogP contribution in [0.5, 0.6) is 0 Å². The van der Waals surface area contributed by atoms with E-state index in [9.17, 15) is 4.79 Å². The normalized spacial score (nSPS) is 28.0. The molecule has 0 bridgehead atoms. The molecular weight excluding hydrogens is 268 g/mol. The Labute approximate surface area is 127 Å². The van der Waals surface area contributed by atoms with Crippen LogP contribution >= 0.6 is 0 Å². The molecule has 0 radical (unpaired) electrons. The topological polar surface area (TPSA) is 53.0 Å². The standard InChI is InChI=1S/C16H28N2O3/c1-14(2,3)10-17-11-15(4-5-15)21-16(12-17)6-8-18(9-7-16)13(19)20/h4-12H2,1-3H3,(H,19,20). The fourth-order valence-corrected chi connectivity index (χ4v) is 3.94. The van der Waals surface area contributed by atoms with E-state index in [0.29, 0.717) is 13.1 Å². The second-order valence-electron chi connectivity index (χ2n) is 8.44. The molecule has 1 aliphatic carbocycles. The maximum absolute atomic E-state index is 11.1. The minimum absolute atomic E-state index is 0.0783. The number of carboxylic acid groups (broad SMARTS) is 1. The van der Waals surface area contributed by atoms with Gasteiger partial charge in [-0.1, -0.05) is 20.8 Å². The van der Waals surface area contributed by atoms with Crippen molar-refractivity contribution in [1.29, 1.82) is 0 Å². The van der Waals surface area contributed by atoms with Crippen LogP contribution in [0.2, 0.25) is 0 Å². The first-order valence-corrected chi connectivity index (χ1v) is 8.12. The lowest BCUT2D eigenvalue weighted by Gasteiger charge is -2.51. The fourth-order valence-electron chi connectivity index (χ4n) is 3.94. The van der Waals surface area contributed by atoms with Gasteiger partial charge in [0.2, 0.25) is 0 Å². The van der Waals surface area contributed by atoms with Crippen molar-refractivity contribution in [3.05, 3.63) is 0 Å². The Balaban J connectivity index is 1.69. The zero-order valence-corrected chi connectivity index (χ0v) is 13.5. The van der Waals surface area contributed by atoms with Crippen LogP contribution in [0.1, 0.15) is 46.5 Å². The lowest BCUT2D eigenvalue weighted by Crippen LogP contribution is -2.61. The number of piperidine rings is 1. The SMILES string of the molecule is CC(C)(C)CN1CC2(CCN(C(=O)O)CC2)OC2(CC2)C1. The van der Waals surface area contributed by atoms with Gasteiger partial charge < -0.3 is 14.7 Å². The third-order valence-electron chi connectivity index (χ3n) is 4.91. The molecule has 5 nitrogen and oxygen atoms in total. The molecule has 0 aromatic rings. The zero-order chi connectivity index (χ0) is 15.3. The Hall–Kier alpha value is -0.810. The van der Waals surface area contributed by atoms with Gasteiger partial charge >= 0.3 is 6.09 Å². The number of likely N-dealkylation sites (tertiary alicyclic amines) is 1. The largest absolute Gasteiger partial charge is 0.465 e. The van der Waals surface area contributed by atoms with E-state index >= 15 is 0 Å². The number of hydrogen-bond donors (Lipinski definition) is 1. The van der Waals surface area contributed by atoms with Crippen LogP contribution < -0.4 is 0 Å². The van der Waals surface area contributed by atoms with E-state index in [1.807, 2.05) is 0 Å². The highest BCUT2D eigenvalue weighted by Crippen LogP contribution is 2.49. The first-order chi connectivity index (χ1) is 9.71.